The number of thiazole rings is 1. The van der Waals surface area contributed by atoms with Gasteiger partial charge in [0.05, 0.1) is 26.3 Å². The summed E-state index contributed by atoms with van der Waals surface area (Å²) in [6.07, 6.45) is 1.14. The van der Waals surface area contributed by atoms with Gasteiger partial charge in [-0.1, -0.05) is 36.9 Å². The number of carbonyl (C=O) groups is 1. The van der Waals surface area contributed by atoms with Crippen molar-refractivity contribution < 1.29 is 14.3 Å². The molecule has 7 heteroatoms. The predicted molar refractivity (Wildman–Crippen MR) is 119 cm³/mol. The molecule has 5 nitrogen and oxygen atoms in total. The summed E-state index contributed by atoms with van der Waals surface area (Å²) in [7, 11) is 3.28. The molecule has 0 atom stereocenters. The number of aromatic nitrogens is 1. The van der Waals surface area contributed by atoms with Crippen LogP contribution in [-0.4, -0.2) is 25.1 Å². The minimum Gasteiger partial charge on any atom is -0.497 e. The minimum atomic E-state index is -0.0507. The zero-order chi connectivity index (χ0) is 20.6. The molecule has 3 rings (SSSR count). The number of ether oxygens (including phenoxy) is 2. The highest BCUT2D eigenvalue weighted by Gasteiger charge is 2.11. The Morgan fingerprint density at radius 3 is 2.55 bits per heavy atom. The van der Waals surface area contributed by atoms with E-state index in [0.29, 0.717) is 0 Å². The fraction of sp³-hybridized carbons (Fsp3) is 0.273. The lowest BCUT2D eigenvalue weighted by molar-refractivity contribution is -0.115. The quantitative estimate of drug-likeness (QED) is 0.475. The number of methoxy groups -OCH3 is 2. The second-order valence-corrected chi connectivity index (χ2v) is 8.43. The molecule has 1 amide bonds. The number of aryl methyl sites for hydroxylation is 1. The van der Waals surface area contributed by atoms with Gasteiger partial charge in [-0.05, 0) is 35.7 Å². The highest BCUT2D eigenvalue weighted by Crippen LogP contribution is 2.30. The minimum absolute atomic E-state index is 0.0507. The fourth-order valence-electron chi connectivity index (χ4n) is 2.84. The molecule has 0 bridgehead atoms. The lowest BCUT2D eigenvalue weighted by atomic mass is 10.1. The van der Waals surface area contributed by atoms with Gasteiger partial charge >= 0.3 is 0 Å². The second kappa shape index (κ2) is 10.3. The molecule has 0 fully saturated rings. The molecule has 1 N–H and O–H groups in total. The van der Waals surface area contributed by atoms with Crippen molar-refractivity contribution in [1.29, 1.82) is 0 Å². The first-order chi connectivity index (χ1) is 14.1. The smallest absolute Gasteiger partial charge is 0.230 e. The van der Waals surface area contributed by atoms with Gasteiger partial charge in [0.25, 0.3) is 0 Å². The average molecular weight is 429 g/mol. The standard InChI is InChI=1S/C22H24N2O3S2/c1-4-16-7-5-6-8-20(16)24-21(25)11-17-14-29-22(23-17)28-13-15-9-18(26-2)12-19(10-15)27-3/h5-10,12,14H,4,11,13H2,1-3H3,(H,24,25). The van der Waals surface area contributed by atoms with Crippen LogP contribution in [0, 0.1) is 0 Å². The van der Waals surface area contributed by atoms with E-state index in [-0.39, 0.29) is 12.3 Å². The molecule has 29 heavy (non-hydrogen) atoms. The fourth-order valence-corrected chi connectivity index (χ4v) is 4.61. The Bertz CT molecular complexity index is 950. The summed E-state index contributed by atoms with van der Waals surface area (Å²) in [6, 6.07) is 13.7. The maximum Gasteiger partial charge on any atom is 0.230 e. The molecule has 0 spiro atoms. The van der Waals surface area contributed by atoms with Crippen LogP contribution < -0.4 is 14.8 Å². The van der Waals surface area contributed by atoms with Gasteiger partial charge in [-0.2, -0.15) is 0 Å². The number of thioether (sulfide) groups is 1. The molecule has 0 aliphatic carbocycles. The van der Waals surface area contributed by atoms with Crippen LogP contribution in [0.2, 0.25) is 0 Å². The summed E-state index contributed by atoms with van der Waals surface area (Å²) in [5.41, 5.74) is 3.88. The van der Waals surface area contributed by atoms with E-state index in [4.69, 9.17) is 9.47 Å². The van der Waals surface area contributed by atoms with Crippen LogP contribution in [0.5, 0.6) is 11.5 Å². The van der Waals surface area contributed by atoms with Crippen molar-refractivity contribution in [2.75, 3.05) is 19.5 Å². The Kier molecular flexibility index (Phi) is 7.55. The SMILES string of the molecule is CCc1ccccc1NC(=O)Cc1csc(SCc2cc(OC)cc(OC)c2)n1. The first-order valence-electron chi connectivity index (χ1n) is 9.28. The van der Waals surface area contributed by atoms with E-state index >= 15 is 0 Å². The van der Waals surface area contributed by atoms with Crippen molar-refractivity contribution >= 4 is 34.7 Å². The Hall–Kier alpha value is -2.51. The largest absolute Gasteiger partial charge is 0.497 e. The van der Waals surface area contributed by atoms with Crippen LogP contribution in [0.3, 0.4) is 0 Å². The Balaban J connectivity index is 1.57. The molecule has 1 heterocycles. The number of amides is 1. The highest BCUT2D eigenvalue weighted by molar-refractivity contribution is 8.00. The normalized spacial score (nSPS) is 10.6. The maximum atomic E-state index is 12.4. The van der Waals surface area contributed by atoms with Gasteiger partial charge in [-0.3, -0.25) is 4.79 Å². The molecule has 2 aromatic carbocycles. The molecule has 152 valence electrons. The number of nitrogens with zero attached hydrogens (tertiary/aromatic N) is 1. The molecule has 3 aromatic rings. The summed E-state index contributed by atoms with van der Waals surface area (Å²) in [4.78, 5) is 17.0. The van der Waals surface area contributed by atoms with Crippen LogP contribution in [0.4, 0.5) is 5.69 Å². The predicted octanol–water partition coefficient (Wildman–Crippen LogP) is 5.20. The van der Waals surface area contributed by atoms with E-state index in [1.165, 1.54) is 0 Å². The van der Waals surface area contributed by atoms with Gasteiger partial charge < -0.3 is 14.8 Å². The third kappa shape index (κ3) is 5.98. The van der Waals surface area contributed by atoms with Crippen molar-refractivity contribution in [1.82, 2.24) is 4.98 Å². The van der Waals surface area contributed by atoms with Crippen molar-refractivity contribution in [2.45, 2.75) is 29.9 Å². The summed E-state index contributed by atoms with van der Waals surface area (Å²) < 4.78 is 11.6. The Labute approximate surface area is 179 Å². The van der Waals surface area contributed by atoms with E-state index in [0.717, 1.165) is 50.5 Å². The molecular weight excluding hydrogens is 404 g/mol. The molecule has 0 aliphatic rings. The first kappa shape index (κ1) is 21.2. The number of hydrogen-bond acceptors (Lipinski definition) is 6. The third-order valence-electron chi connectivity index (χ3n) is 4.32. The molecule has 0 saturated carbocycles. The zero-order valence-electron chi connectivity index (χ0n) is 16.7. The van der Waals surface area contributed by atoms with Crippen LogP contribution in [0.1, 0.15) is 23.7 Å². The Morgan fingerprint density at radius 2 is 1.86 bits per heavy atom. The lowest BCUT2D eigenvalue weighted by Crippen LogP contribution is -2.15. The van der Waals surface area contributed by atoms with Gasteiger partial charge in [0, 0.05) is 22.9 Å². The Morgan fingerprint density at radius 1 is 1.14 bits per heavy atom. The summed E-state index contributed by atoms with van der Waals surface area (Å²) >= 11 is 3.19. The van der Waals surface area contributed by atoms with Gasteiger partial charge in [-0.15, -0.1) is 11.3 Å². The third-order valence-corrected chi connectivity index (χ3v) is 6.46. The van der Waals surface area contributed by atoms with Crippen molar-refractivity contribution in [3.63, 3.8) is 0 Å². The number of carbonyl (C=O) groups excluding carboxylic acids is 1. The molecule has 1 aromatic heterocycles. The van der Waals surface area contributed by atoms with Crippen LogP contribution in [-0.2, 0) is 23.4 Å². The lowest BCUT2D eigenvalue weighted by Gasteiger charge is -2.08. The number of benzene rings is 2. The van der Waals surface area contributed by atoms with Gasteiger partial charge in [0.1, 0.15) is 15.8 Å². The number of anilines is 1. The van der Waals surface area contributed by atoms with Crippen molar-refractivity contribution in [2.24, 2.45) is 0 Å². The van der Waals surface area contributed by atoms with Crippen LogP contribution in [0.15, 0.2) is 52.2 Å². The van der Waals surface area contributed by atoms with Crippen molar-refractivity contribution in [3.8, 4) is 11.5 Å². The van der Waals surface area contributed by atoms with E-state index in [2.05, 4.69) is 17.2 Å². The molecule has 0 radical (unpaired) electrons. The average Bonchev–Trinajstić information content (AvgIpc) is 3.19. The zero-order valence-corrected chi connectivity index (χ0v) is 18.4. The van der Waals surface area contributed by atoms with Gasteiger partial charge in [0.2, 0.25) is 5.91 Å². The van der Waals surface area contributed by atoms with E-state index in [1.54, 1.807) is 37.3 Å². The second-order valence-electron chi connectivity index (χ2n) is 6.35. The first-order valence-corrected chi connectivity index (χ1v) is 11.1. The van der Waals surface area contributed by atoms with Crippen LogP contribution >= 0.6 is 23.1 Å². The number of nitrogens with one attached hydrogen (secondary N) is 1. The number of para-hydroxylation sites is 1. The van der Waals surface area contributed by atoms with E-state index in [1.807, 2.05) is 47.8 Å². The number of hydrogen-bond donors (Lipinski definition) is 1. The summed E-state index contributed by atoms with van der Waals surface area (Å²) in [5.74, 6) is 2.23. The van der Waals surface area contributed by atoms with E-state index in [9.17, 15) is 4.79 Å². The van der Waals surface area contributed by atoms with Gasteiger partial charge in [-0.25, -0.2) is 4.98 Å². The number of rotatable bonds is 9. The van der Waals surface area contributed by atoms with E-state index < -0.39 is 0 Å². The van der Waals surface area contributed by atoms with Gasteiger partial charge in [0.15, 0.2) is 0 Å². The van der Waals surface area contributed by atoms with Crippen molar-refractivity contribution in [3.05, 3.63) is 64.7 Å². The summed E-state index contributed by atoms with van der Waals surface area (Å²) in [5, 5.41) is 4.94. The molecule has 0 unspecified atom stereocenters. The maximum absolute atomic E-state index is 12.4. The van der Waals surface area contributed by atoms with Crippen LogP contribution in [0.25, 0.3) is 0 Å². The molecule has 0 saturated heterocycles. The highest BCUT2D eigenvalue weighted by atomic mass is 32.2. The molecule has 0 aliphatic heterocycles. The topological polar surface area (TPSA) is 60.5 Å². The summed E-state index contributed by atoms with van der Waals surface area (Å²) in [6.45, 7) is 2.08. The molecular formula is C22H24N2O3S2. The monoisotopic (exact) mass is 428 g/mol.